The van der Waals surface area contributed by atoms with Crippen LogP contribution in [0, 0.1) is 5.92 Å². The number of ether oxygens (including phenoxy) is 1. The Morgan fingerprint density at radius 3 is 2.78 bits per heavy atom. The highest BCUT2D eigenvalue weighted by molar-refractivity contribution is 9.11. The fraction of sp³-hybridized carbons (Fsp3) is 0.478. The average Bonchev–Trinajstić information content (AvgIpc) is 3.32. The number of aliphatic hydroxyl groups is 1. The van der Waals surface area contributed by atoms with Gasteiger partial charge in [0.15, 0.2) is 0 Å². The molecule has 0 amide bonds. The summed E-state index contributed by atoms with van der Waals surface area (Å²) in [6, 6.07) is 12.9. The lowest BCUT2D eigenvalue weighted by atomic mass is 9.89. The maximum atomic E-state index is 10.3. The molecular weight excluding hydrogens is 420 g/mol. The molecule has 0 radical (unpaired) electrons. The summed E-state index contributed by atoms with van der Waals surface area (Å²) in [5.74, 6) is 0.632. The van der Waals surface area contributed by atoms with Gasteiger partial charge >= 0.3 is 0 Å². The smallest absolute Gasteiger partial charge is 0.0812 e. The molecule has 0 bridgehead atoms. The van der Waals surface area contributed by atoms with Gasteiger partial charge in [-0.25, -0.2) is 0 Å². The first kappa shape index (κ1) is 20.8. The molecule has 27 heavy (non-hydrogen) atoms. The average molecular weight is 449 g/mol. The molecule has 1 N–H and O–H groups in total. The maximum Gasteiger partial charge on any atom is 0.0812 e. The highest BCUT2D eigenvalue weighted by Crippen LogP contribution is 2.44. The number of allylic oxidation sites excluding steroid dienone is 2. The van der Waals surface area contributed by atoms with E-state index in [4.69, 9.17) is 4.74 Å². The molecule has 0 spiro atoms. The van der Waals surface area contributed by atoms with Crippen molar-refractivity contribution >= 4 is 32.8 Å². The Morgan fingerprint density at radius 1 is 1.26 bits per heavy atom. The predicted octanol–water partition coefficient (Wildman–Crippen LogP) is 6.75. The predicted molar refractivity (Wildman–Crippen MR) is 118 cm³/mol. The normalized spacial score (nSPS) is 18.3. The van der Waals surface area contributed by atoms with Crippen molar-refractivity contribution in [2.75, 3.05) is 13.2 Å². The van der Waals surface area contributed by atoms with E-state index in [1.807, 2.05) is 18.3 Å². The Hall–Kier alpha value is -0.940. The minimum atomic E-state index is -0.451. The summed E-state index contributed by atoms with van der Waals surface area (Å²) in [4.78, 5) is 1.49. The Labute approximate surface area is 175 Å². The van der Waals surface area contributed by atoms with Gasteiger partial charge in [0.05, 0.1) is 6.10 Å². The number of aryl methyl sites for hydroxylation is 1. The molecular formula is C23H29BrO2S. The molecule has 2 aromatic rings. The summed E-state index contributed by atoms with van der Waals surface area (Å²) < 4.78 is 6.71. The van der Waals surface area contributed by atoms with E-state index in [1.54, 1.807) is 0 Å². The molecule has 2 nitrogen and oxygen atoms in total. The molecule has 0 saturated carbocycles. The molecule has 1 aliphatic carbocycles. The van der Waals surface area contributed by atoms with Crippen LogP contribution in [0.25, 0.3) is 5.57 Å². The Kier molecular flexibility index (Phi) is 8.13. The minimum absolute atomic E-state index is 0.451. The second-order valence-electron chi connectivity index (χ2n) is 7.15. The lowest BCUT2D eigenvalue weighted by Gasteiger charge is -2.17. The Bertz CT molecular complexity index is 721. The highest BCUT2D eigenvalue weighted by Gasteiger charge is 2.25. The molecule has 0 fully saturated rings. The van der Waals surface area contributed by atoms with Crippen molar-refractivity contribution in [1.82, 2.24) is 0 Å². The van der Waals surface area contributed by atoms with Crippen molar-refractivity contribution < 1.29 is 9.84 Å². The number of thiophene rings is 1. The van der Waals surface area contributed by atoms with E-state index in [9.17, 15) is 5.11 Å². The number of benzene rings is 1. The number of hydrogen-bond donors (Lipinski definition) is 1. The van der Waals surface area contributed by atoms with Crippen LogP contribution in [-0.2, 0) is 11.2 Å². The number of halogens is 1. The van der Waals surface area contributed by atoms with Crippen LogP contribution in [0.15, 0.2) is 46.3 Å². The third-order valence-electron chi connectivity index (χ3n) is 5.31. The molecule has 3 rings (SSSR count). The van der Waals surface area contributed by atoms with Crippen molar-refractivity contribution in [2.45, 2.75) is 51.6 Å². The first-order valence-electron chi connectivity index (χ1n) is 9.96. The van der Waals surface area contributed by atoms with Crippen LogP contribution in [-0.4, -0.2) is 18.3 Å². The summed E-state index contributed by atoms with van der Waals surface area (Å²) in [5.41, 5.74) is 3.74. The van der Waals surface area contributed by atoms with Gasteiger partial charge in [-0.05, 0) is 77.6 Å². The monoisotopic (exact) mass is 448 g/mol. The Morgan fingerprint density at radius 2 is 2.07 bits per heavy atom. The van der Waals surface area contributed by atoms with Gasteiger partial charge in [-0.3, -0.25) is 0 Å². The topological polar surface area (TPSA) is 29.5 Å². The molecule has 4 heteroatoms. The van der Waals surface area contributed by atoms with Gasteiger partial charge in [-0.2, -0.15) is 0 Å². The van der Waals surface area contributed by atoms with E-state index in [0.717, 1.165) is 12.0 Å². The molecule has 1 aliphatic rings. The highest BCUT2D eigenvalue weighted by atomic mass is 79.9. The second-order valence-corrected chi connectivity index (χ2v) is 9.14. The van der Waals surface area contributed by atoms with E-state index in [-0.39, 0.29) is 0 Å². The van der Waals surface area contributed by atoms with Crippen molar-refractivity contribution in [1.29, 1.82) is 0 Å². The van der Waals surface area contributed by atoms with Gasteiger partial charge in [0.25, 0.3) is 0 Å². The van der Waals surface area contributed by atoms with Crippen molar-refractivity contribution in [3.05, 3.63) is 62.3 Å². The summed E-state index contributed by atoms with van der Waals surface area (Å²) in [7, 11) is 0. The van der Waals surface area contributed by atoms with Crippen LogP contribution in [0.3, 0.4) is 0 Å². The van der Waals surface area contributed by atoms with Gasteiger partial charge in [0, 0.05) is 24.5 Å². The summed E-state index contributed by atoms with van der Waals surface area (Å²) in [5, 5.41) is 12.5. The van der Waals surface area contributed by atoms with Crippen LogP contribution in [0.4, 0.5) is 0 Å². The van der Waals surface area contributed by atoms with E-state index >= 15 is 0 Å². The SMILES string of the molecule is CCOCCC(O)c1ccc(C2=C(Br)CC[C@@H]2CCCc2cccs2)cc1. The van der Waals surface area contributed by atoms with Gasteiger partial charge in [0.2, 0.25) is 0 Å². The van der Waals surface area contributed by atoms with Gasteiger partial charge in [0.1, 0.15) is 0 Å². The maximum absolute atomic E-state index is 10.3. The van der Waals surface area contributed by atoms with E-state index in [0.29, 0.717) is 25.6 Å². The molecule has 1 aromatic carbocycles. The van der Waals surface area contributed by atoms with Crippen molar-refractivity contribution in [3.8, 4) is 0 Å². The largest absolute Gasteiger partial charge is 0.388 e. The third-order valence-corrected chi connectivity index (χ3v) is 7.07. The zero-order valence-electron chi connectivity index (χ0n) is 16.0. The lowest BCUT2D eigenvalue weighted by molar-refractivity contribution is 0.0886. The Balaban J connectivity index is 1.60. The minimum Gasteiger partial charge on any atom is -0.388 e. The molecule has 0 saturated heterocycles. The lowest BCUT2D eigenvalue weighted by Crippen LogP contribution is -2.04. The van der Waals surface area contributed by atoms with Crippen LogP contribution >= 0.6 is 27.3 Å². The van der Waals surface area contributed by atoms with Gasteiger partial charge < -0.3 is 9.84 Å². The summed E-state index contributed by atoms with van der Waals surface area (Å²) in [6.45, 7) is 3.27. The van der Waals surface area contributed by atoms with E-state index in [1.165, 1.54) is 46.2 Å². The van der Waals surface area contributed by atoms with Crippen LogP contribution < -0.4 is 0 Å². The second kappa shape index (κ2) is 10.6. The zero-order valence-corrected chi connectivity index (χ0v) is 18.4. The number of hydrogen-bond acceptors (Lipinski definition) is 3. The van der Waals surface area contributed by atoms with Crippen LogP contribution in [0.5, 0.6) is 0 Å². The summed E-state index contributed by atoms with van der Waals surface area (Å²) in [6.07, 6.45) is 6.23. The van der Waals surface area contributed by atoms with Gasteiger partial charge in [-0.15, -0.1) is 11.3 Å². The standard InChI is InChI=1S/C23H29BrO2S/c1-2-26-15-14-22(25)17-8-10-19(11-9-17)23-18(12-13-21(23)24)5-3-6-20-7-4-16-27-20/h4,7-11,16,18,22,25H,2-3,5-6,12-15H2,1H3/t18-,22?/m0/s1. The summed E-state index contributed by atoms with van der Waals surface area (Å²) >= 11 is 5.68. The molecule has 1 unspecified atom stereocenters. The van der Waals surface area contributed by atoms with Crippen molar-refractivity contribution in [2.24, 2.45) is 5.92 Å². The fourth-order valence-electron chi connectivity index (χ4n) is 3.85. The third kappa shape index (κ3) is 5.77. The molecule has 2 atom stereocenters. The first-order valence-corrected chi connectivity index (χ1v) is 11.6. The zero-order chi connectivity index (χ0) is 19.1. The molecule has 146 valence electrons. The van der Waals surface area contributed by atoms with Crippen LogP contribution in [0.2, 0.25) is 0 Å². The van der Waals surface area contributed by atoms with E-state index in [2.05, 4.69) is 57.7 Å². The quantitative estimate of drug-likeness (QED) is 0.407. The molecule has 1 aromatic heterocycles. The fourth-order valence-corrected chi connectivity index (χ4v) is 5.38. The van der Waals surface area contributed by atoms with Crippen molar-refractivity contribution in [3.63, 3.8) is 0 Å². The van der Waals surface area contributed by atoms with Crippen LogP contribution in [0.1, 0.15) is 61.1 Å². The van der Waals surface area contributed by atoms with Gasteiger partial charge in [-0.1, -0.05) is 46.3 Å². The molecule has 0 aliphatic heterocycles. The number of aliphatic hydroxyl groups excluding tert-OH is 1. The molecule has 1 heterocycles. The number of rotatable bonds is 10. The van der Waals surface area contributed by atoms with E-state index < -0.39 is 6.10 Å². The first-order chi connectivity index (χ1) is 13.2.